The highest BCUT2D eigenvalue weighted by molar-refractivity contribution is 7.09. The third kappa shape index (κ3) is 3.04. The van der Waals surface area contributed by atoms with E-state index >= 15 is 0 Å². The summed E-state index contributed by atoms with van der Waals surface area (Å²) in [6.07, 6.45) is 3.79. The molecule has 94 valence electrons. The Morgan fingerprint density at radius 1 is 1.59 bits per heavy atom. The number of nitrogens with zero attached hydrogens (tertiary/aromatic N) is 1. The molecule has 1 heterocycles. The van der Waals surface area contributed by atoms with Crippen molar-refractivity contribution < 1.29 is 9.90 Å². The maximum absolute atomic E-state index is 11.8. The molecule has 0 radical (unpaired) electrons. The molecule has 5 heteroatoms. The largest absolute Gasteiger partial charge is 0.380 e. The quantitative estimate of drug-likeness (QED) is 0.854. The summed E-state index contributed by atoms with van der Waals surface area (Å²) in [7, 11) is 0. The first-order valence-electron chi connectivity index (χ1n) is 6.02. The number of aliphatic hydroxyl groups is 1. The predicted octanol–water partition coefficient (Wildman–Crippen LogP) is 1.42. The van der Waals surface area contributed by atoms with Gasteiger partial charge >= 0.3 is 0 Å². The zero-order valence-electron chi connectivity index (χ0n) is 10.0. The lowest BCUT2D eigenvalue weighted by Gasteiger charge is -2.20. The second-order valence-electron chi connectivity index (χ2n) is 4.60. The van der Waals surface area contributed by atoms with E-state index in [1.165, 1.54) is 0 Å². The van der Waals surface area contributed by atoms with Gasteiger partial charge in [-0.05, 0) is 32.6 Å². The van der Waals surface area contributed by atoms with Gasteiger partial charge in [-0.3, -0.25) is 4.79 Å². The number of aryl methyl sites for hydroxylation is 1. The molecule has 0 unspecified atom stereocenters. The number of rotatable bonds is 4. The Morgan fingerprint density at radius 3 is 2.88 bits per heavy atom. The van der Waals surface area contributed by atoms with Gasteiger partial charge < -0.3 is 10.4 Å². The molecule has 17 heavy (non-hydrogen) atoms. The molecule has 2 rings (SSSR count). The van der Waals surface area contributed by atoms with Crippen LogP contribution >= 0.6 is 11.3 Å². The van der Waals surface area contributed by atoms with Gasteiger partial charge in [-0.2, -0.15) is 0 Å². The van der Waals surface area contributed by atoms with Crippen LogP contribution in [0, 0.1) is 6.92 Å². The number of aromatic nitrogens is 1. The summed E-state index contributed by atoms with van der Waals surface area (Å²) in [4.78, 5) is 16.1. The van der Waals surface area contributed by atoms with Crippen molar-refractivity contribution >= 4 is 17.2 Å². The maximum Gasteiger partial charge on any atom is 0.251 e. The summed E-state index contributed by atoms with van der Waals surface area (Å²) in [6.45, 7) is 2.51. The van der Waals surface area contributed by atoms with Gasteiger partial charge in [0, 0.05) is 18.3 Å². The van der Waals surface area contributed by atoms with Crippen molar-refractivity contribution in [3.63, 3.8) is 0 Å². The van der Waals surface area contributed by atoms with Crippen molar-refractivity contribution in [2.24, 2.45) is 0 Å². The zero-order valence-corrected chi connectivity index (χ0v) is 10.8. The van der Waals surface area contributed by atoms with E-state index in [-0.39, 0.29) is 5.91 Å². The van der Waals surface area contributed by atoms with Crippen molar-refractivity contribution in [3.8, 4) is 0 Å². The second kappa shape index (κ2) is 5.14. The molecule has 1 aliphatic rings. The van der Waals surface area contributed by atoms with Crippen molar-refractivity contribution in [2.45, 2.75) is 44.6 Å². The van der Waals surface area contributed by atoms with Crippen molar-refractivity contribution in [1.29, 1.82) is 0 Å². The number of thiazole rings is 1. The highest BCUT2D eigenvalue weighted by Gasteiger charge is 2.38. The summed E-state index contributed by atoms with van der Waals surface area (Å²) in [6, 6.07) is 0. The van der Waals surface area contributed by atoms with Gasteiger partial charge in [-0.15, -0.1) is 11.3 Å². The highest BCUT2D eigenvalue weighted by Crippen LogP contribution is 2.29. The number of hydrogen-bond donors (Lipinski definition) is 2. The average molecular weight is 254 g/mol. The molecule has 1 aliphatic carbocycles. The summed E-state index contributed by atoms with van der Waals surface area (Å²) in [5, 5.41) is 15.9. The molecule has 4 nitrogen and oxygen atoms in total. The van der Waals surface area contributed by atoms with E-state index < -0.39 is 5.60 Å². The van der Waals surface area contributed by atoms with Crippen LogP contribution in [0.5, 0.6) is 0 Å². The van der Waals surface area contributed by atoms with Crippen LogP contribution < -0.4 is 5.32 Å². The van der Waals surface area contributed by atoms with Crippen LogP contribution in [0.1, 0.15) is 36.4 Å². The number of carbonyl (C=O) groups is 1. The molecule has 1 amide bonds. The summed E-state index contributed by atoms with van der Waals surface area (Å²) in [5.41, 5.74) is -0.107. The Hall–Kier alpha value is -0.940. The molecule has 0 saturated heterocycles. The lowest BCUT2D eigenvalue weighted by atomic mass is 10.0. The van der Waals surface area contributed by atoms with E-state index in [4.69, 9.17) is 0 Å². The first-order chi connectivity index (χ1) is 8.10. The molecule has 0 aliphatic heterocycles. The average Bonchev–Trinajstić information content (AvgIpc) is 2.89. The second-order valence-corrected chi connectivity index (χ2v) is 5.66. The third-order valence-electron chi connectivity index (χ3n) is 3.19. The van der Waals surface area contributed by atoms with Gasteiger partial charge in [0.05, 0.1) is 10.7 Å². The van der Waals surface area contributed by atoms with E-state index in [9.17, 15) is 9.90 Å². The van der Waals surface area contributed by atoms with Crippen LogP contribution in [0.15, 0.2) is 5.38 Å². The first kappa shape index (κ1) is 12.5. The molecule has 1 aromatic heterocycles. The molecule has 0 bridgehead atoms. The fourth-order valence-corrected chi connectivity index (χ4v) is 2.83. The van der Waals surface area contributed by atoms with Gasteiger partial charge in [-0.25, -0.2) is 4.98 Å². The molecular weight excluding hydrogens is 236 g/mol. The highest BCUT2D eigenvalue weighted by atomic mass is 32.1. The molecule has 1 saturated carbocycles. The maximum atomic E-state index is 11.8. The predicted molar refractivity (Wildman–Crippen MR) is 67.0 cm³/mol. The number of amides is 1. The van der Waals surface area contributed by atoms with Crippen LogP contribution in [0.4, 0.5) is 0 Å². The van der Waals surface area contributed by atoms with E-state index in [1.54, 1.807) is 11.3 Å². The topological polar surface area (TPSA) is 62.2 Å². The normalized spacial score (nSPS) is 18.2. The van der Waals surface area contributed by atoms with Crippen LogP contribution in [0.2, 0.25) is 0 Å². The van der Waals surface area contributed by atoms with Crippen LogP contribution in [0.3, 0.4) is 0 Å². The molecule has 0 atom stereocenters. The molecule has 0 spiro atoms. The molecular formula is C12H18N2O2S. The number of nitrogens with one attached hydrogen (secondary N) is 1. The monoisotopic (exact) mass is 254 g/mol. The van der Waals surface area contributed by atoms with E-state index in [0.717, 1.165) is 30.0 Å². The van der Waals surface area contributed by atoms with Gasteiger partial charge in [-0.1, -0.05) is 0 Å². The van der Waals surface area contributed by atoms with Crippen molar-refractivity contribution in [2.75, 3.05) is 6.54 Å². The zero-order chi connectivity index (χ0) is 12.3. The van der Waals surface area contributed by atoms with Gasteiger partial charge in [0.15, 0.2) is 0 Å². The summed E-state index contributed by atoms with van der Waals surface area (Å²) in [5.74, 6) is -0.220. The fraction of sp³-hybridized carbons (Fsp3) is 0.667. The Bertz CT molecular complexity index is 397. The van der Waals surface area contributed by atoms with Crippen molar-refractivity contribution in [1.82, 2.24) is 10.3 Å². The minimum Gasteiger partial charge on any atom is -0.380 e. The van der Waals surface area contributed by atoms with Crippen LogP contribution in [0.25, 0.3) is 0 Å². The van der Waals surface area contributed by atoms with Gasteiger partial charge in [0.25, 0.3) is 5.91 Å². The Kier molecular flexibility index (Phi) is 3.79. The smallest absolute Gasteiger partial charge is 0.251 e. The van der Waals surface area contributed by atoms with Gasteiger partial charge in [0.1, 0.15) is 5.60 Å². The molecule has 1 fully saturated rings. The Morgan fingerprint density at radius 2 is 2.29 bits per heavy atom. The third-order valence-corrected chi connectivity index (χ3v) is 4.01. The lowest BCUT2D eigenvalue weighted by Crippen LogP contribution is -2.45. The molecule has 0 aromatic carbocycles. The molecule has 1 aromatic rings. The molecule has 2 N–H and O–H groups in total. The minimum absolute atomic E-state index is 0.220. The number of carbonyl (C=O) groups excluding carboxylic acids is 1. The van der Waals surface area contributed by atoms with Crippen molar-refractivity contribution in [3.05, 3.63) is 16.1 Å². The van der Waals surface area contributed by atoms with Crippen LogP contribution in [-0.4, -0.2) is 28.1 Å². The van der Waals surface area contributed by atoms with Gasteiger partial charge in [0.2, 0.25) is 0 Å². The standard InChI is InChI=1S/C12H18N2O2S/c1-9-14-10(8-17-9)4-7-13-11(15)12(16)5-2-3-6-12/h8,16H,2-7H2,1H3,(H,13,15). The first-order valence-corrected chi connectivity index (χ1v) is 6.90. The van der Waals surface area contributed by atoms with E-state index in [2.05, 4.69) is 10.3 Å². The summed E-state index contributed by atoms with van der Waals surface area (Å²) < 4.78 is 0. The minimum atomic E-state index is -1.11. The van der Waals surface area contributed by atoms with E-state index in [1.807, 2.05) is 12.3 Å². The Labute approximate surface area is 105 Å². The Balaban J connectivity index is 1.77. The summed E-state index contributed by atoms with van der Waals surface area (Å²) >= 11 is 1.61. The fourth-order valence-electron chi connectivity index (χ4n) is 2.18. The van der Waals surface area contributed by atoms with Crippen LogP contribution in [-0.2, 0) is 11.2 Å². The number of hydrogen-bond acceptors (Lipinski definition) is 4. The van der Waals surface area contributed by atoms with E-state index in [0.29, 0.717) is 19.4 Å². The lowest BCUT2D eigenvalue weighted by molar-refractivity contribution is -0.139. The SMILES string of the molecule is Cc1nc(CCNC(=O)C2(O)CCCC2)cs1.